The predicted octanol–water partition coefficient (Wildman–Crippen LogP) is 6.26. The number of halogens is 4. The largest absolute Gasteiger partial charge is 0.391 e. The number of rotatable bonds is 5. The lowest BCUT2D eigenvalue weighted by atomic mass is 9.85. The molecule has 1 aromatic heterocycles. The SMILES string of the molecule is CC(C)(C)C(=O)NCc1ccc(Cl)c(C(=O)Nc2ccc3cnn(C4CCC(C(F)(F)F)CC4)c(=O)c3c2)c1. The lowest BCUT2D eigenvalue weighted by molar-refractivity contribution is -0.183. The summed E-state index contributed by atoms with van der Waals surface area (Å²) in [6.07, 6.45) is -2.40. The van der Waals surface area contributed by atoms with Gasteiger partial charge in [0.2, 0.25) is 5.91 Å². The summed E-state index contributed by atoms with van der Waals surface area (Å²) < 4.78 is 40.4. The Morgan fingerprint density at radius 1 is 1.05 bits per heavy atom. The zero-order chi connectivity index (χ0) is 28.5. The second kappa shape index (κ2) is 11.0. The summed E-state index contributed by atoms with van der Waals surface area (Å²) in [6.45, 7) is 5.63. The molecule has 2 aromatic carbocycles. The number of hydrogen-bond donors (Lipinski definition) is 2. The molecule has 2 N–H and O–H groups in total. The van der Waals surface area contributed by atoms with Gasteiger partial charge in [0.25, 0.3) is 11.5 Å². The lowest BCUT2D eigenvalue weighted by Gasteiger charge is -2.30. The van der Waals surface area contributed by atoms with Gasteiger partial charge in [-0.05, 0) is 55.5 Å². The Hall–Kier alpha value is -3.40. The highest BCUT2D eigenvalue weighted by Crippen LogP contribution is 2.40. The zero-order valence-electron chi connectivity index (χ0n) is 21.9. The van der Waals surface area contributed by atoms with Crippen LogP contribution in [0.15, 0.2) is 47.4 Å². The van der Waals surface area contributed by atoms with Crippen molar-refractivity contribution in [2.24, 2.45) is 11.3 Å². The maximum atomic E-state index is 13.2. The number of amides is 2. The third-order valence-corrected chi connectivity index (χ3v) is 7.32. The van der Waals surface area contributed by atoms with Gasteiger partial charge in [-0.15, -0.1) is 0 Å². The molecule has 0 atom stereocenters. The molecule has 1 fully saturated rings. The predicted molar refractivity (Wildman–Crippen MR) is 144 cm³/mol. The fourth-order valence-corrected chi connectivity index (χ4v) is 4.85. The maximum Gasteiger partial charge on any atom is 0.391 e. The summed E-state index contributed by atoms with van der Waals surface area (Å²) in [7, 11) is 0. The van der Waals surface area contributed by atoms with E-state index in [-0.39, 0.29) is 48.7 Å². The second-order valence-electron chi connectivity index (χ2n) is 10.9. The van der Waals surface area contributed by atoms with Gasteiger partial charge in [0.05, 0.1) is 34.1 Å². The molecule has 7 nitrogen and oxygen atoms in total. The molecule has 1 aliphatic rings. The van der Waals surface area contributed by atoms with E-state index in [0.29, 0.717) is 22.0 Å². The highest BCUT2D eigenvalue weighted by molar-refractivity contribution is 6.34. The zero-order valence-corrected chi connectivity index (χ0v) is 22.6. The van der Waals surface area contributed by atoms with E-state index in [0.717, 1.165) is 0 Å². The average molecular weight is 563 g/mol. The minimum atomic E-state index is -4.23. The van der Waals surface area contributed by atoms with Crippen molar-refractivity contribution in [2.75, 3.05) is 5.32 Å². The van der Waals surface area contributed by atoms with Gasteiger partial charge in [0.1, 0.15) is 0 Å². The first-order valence-corrected chi connectivity index (χ1v) is 13.1. The smallest absolute Gasteiger partial charge is 0.352 e. The molecule has 11 heteroatoms. The molecule has 1 aliphatic carbocycles. The second-order valence-corrected chi connectivity index (χ2v) is 11.4. The Balaban J connectivity index is 1.52. The third kappa shape index (κ3) is 6.61. The summed E-state index contributed by atoms with van der Waals surface area (Å²) in [5, 5.41) is 10.9. The van der Waals surface area contributed by atoms with Crippen molar-refractivity contribution in [3.8, 4) is 0 Å². The standard InChI is InChI=1S/C28H30ClF3N4O3/c1-27(2,3)26(39)33-14-16-4-11-23(29)22(12-16)24(37)35-19-8-5-17-15-34-36(25(38)21(17)13-19)20-9-6-18(7-10-20)28(30,31)32/h4-5,8,11-13,15,18,20H,6-7,9-10,14H2,1-3H3,(H,33,39)(H,35,37). The summed E-state index contributed by atoms with van der Waals surface area (Å²) in [5.41, 5.74) is 0.265. The molecule has 0 bridgehead atoms. The number of aromatic nitrogens is 2. The third-order valence-electron chi connectivity index (χ3n) is 6.99. The Bertz CT molecular complexity index is 1460. The molecular formula is C28H30ClF3N4O3. The van der Waals surface area contributed by atoms with Crippen LogP contribution in [-0.2, 0) is 11.3 Å². The monoisotopic (exact) mass is 562 g/mol. The number of anilines is 1. The minimum Gasteiger partial charge on any atom is -0.352 e. The van der Waals surface area contributed by atoms with Crippen molar-refractivity contribution < 1.29 is 22.8 Å². The van der Waals surface area contributed by atoms with Crippen molar-refractivity contribution in [3.63, 3.8) is 0 Å². The first-order valence-electron chi connectivity index (χ1n) is 12.7. The Morgan fingerprint density at radius 2 is 1.74 bits per heavy atom. The molecule has 208 valence electrons. The molecule has 0 radical (unpaired) electrons. The van der Waals surface area contributed by atoms with Gasteiger partial charge in [-0.25, -0.2) is 4.68 Å². The van der Waals surface area contributed by atoms with Crippen molar-refractivity contribution in [1.29, 1.82) is 0 Å². The highest BCUT2D eigenvalue weighted by Gasteiger charge is 2.42. The van der Waals surface area contributed by atoms with E-state index in [4.69, 9.17) is 11.6 Å². The molecule has 2 amide bonds. The van der Waals surface area contributed by atoms with Gasteiger partial charge in [-0.3, -0.25) is 14.4 Å². The summed E-state index contributed by atoms with van der Waals surface area (Å²) in [6, 6.07) is 9.26. The number of alkyl halides is 3. The normalized spacial score (nSPS) is 18.1. The van der Waals surface area contributed by atoms with Crippen LogP contribution in [0.2, 0.25) is 5.02 Å². The molecule has 0 unspecified atom stereocenters. The Labute approximate surface area is 228 Å². The van der Waals surface area contributed by atoms with Crippen LogP contribution < -0.4 is 16.2 Å². The van der Waals surface area contributed by atoms with Gasteiger partial charge in [0.15, 0.2) is 0 Å². The van der Waals surface area contributed by atoms with Crippen LogP contribution in [0, 0.1) is 11.3 Å². The van der Waals surface area contributed by atoms with Crippen LogP contribution in [0.1, 0.15) is 68.4 Å². The fourth-order valence-electron chi connectivity index (χ4n) is 4.64. The van der Waals surface area contributed by atoms with Gasteiger partial charge in [-0.1, -0.05) is 44.5 Å². The summed E-state index contributed by atoms with van der Waals surface area (Å²) in [5.74, 6) is -1.98. The van der Waals surface area contributed by atoms with Crippen LogP contribution in [0.4, 0.5) is 18.9 Å². The first-order chi connectivity index (χ1) is 18.2. The van der Waals surface area contributed by atoms with Gasteiger partial charge >= 0.3 is 6.18 Å². The highest BCUT2D eigenvalue weighted by atomic mass is 35.5. The van der Waals surface area contributed by atoms with Crippen LogP contribution in [0.25, 0.3) is 10.8 Å². The number of carbonyl (C=O) groups excluding carboxylic acids is 2. The van der Waals surface area contributed by atoms with Crippen LogP contribution in [0.3, 0.4) is 0 Å². The molecular weight excluding hydrogens is 533 g/mol. The topological polar surface area (TPSA) is 93.1 Å². The minimum absolute atomic E-state index is 0.0455. The van der Waals surface area contributed by atoms with E-state index in [9.17, 15) is 27.6 Å². The number of benzene rings is 2. The molecule has 1 heterocycles. The van der Waals surface area contributed by atoms with Crippen molar-refractivity contribution in [2.45, 2.75) is 65.2 Å². The molecule has 1 saturated carbocycles. The molecule has 4 rings (SSSR count). The lowest BCUT2D eigenvalue weighted by Crippen LogP contribution is -2.34. The molecule has 0 saturated heterocycles. The van der Waals surface area contributed by atoms with E-state index in [1.54, 1.807) is 51.1 Å². The number of hydrogen-bond acceptors (Lipinski definition) is 4. The Kier molecular flexibility index (Phi) is 8.07. The number of nitrogens with zero attached hydrogens (tertiary/aromatic N) is 2. The average Bonchev–Trinajstić information content (AvgIpc) is 2.87. The van der Waals surface area contributed by atoms with Crippen molar-refractivity contribution in [1.82, 2.24) is 15.1 Å². The van der Waals surface area contributed by atoms with Crippen LogP contribution in [-0.4, -0.2) is 27.8 Å². The van der Waals surface area contributed by atoms with E-state index in [1.807, 2.05) is 0 Å². The van der Waals surface area contributed by atoms with Crippen molar-refractivity contribution in [3.05, 3.63) is 69.1 Å². The van der Waals surface area contributed by atoms with E-state index >= 15 is 0 Å². The molecule has 0 spiro atoms. The van der Waals surface area contributed by atoms with E-state index < -0.39 is 35.0 Å². The Morgan fingerprint density at radius 3 is 2.38 bits per heavy atom. The summed E-state index contributed by atoms with van der Waals surface area (Å²) >= 11 is 6.28. The fraction of sp³-hybridized carbons (Fsp3) is 0.429. The maximum absolute atomic E-state index is 13.2. The van der Waals surface area contributed by atoms with Gasteiger partial charge in [0, 0.05) is 23.0 Å². The first kappa shape index (κ1) is 28.6. The number of nitrogens with one attached hydrogen (secondary N) is 2. The van der Waals surface area contributed by atoms with Crippen molar-refractivity contribution >= 4 is 39.9 Å². The van der Waals surface area contributed by atoms with Gasteiger partial charge < -0.3 is 10.6 Å². The number of fused-ring (bicyclic) bond motifs is 1. The van der Waals surface area contributed by atoms with Crippen LogP contribution >= 0.6 is 11.6 Å². The number of carbonyl (C=O) groups is 2. The van der Waals surface area contributed by atoms with Gasteiger partial charge in [-0.2, -0.15) is 18.3 Å². The quantitative estimate of drug-likeness (QED) is 0.384. The van der Waals surface area contributed by atoms with E-state index in [1.165, 1.54) is 16.9 Å². The summed E-state index contributed by atoms with van der Waals surface area (Å²) in [4.78, 5) is 38.5. The van der Waals surface area contributed by atoms with Crippen LogP contribution in [0.5, 0.6) is 0 Å². The van der Waals surface area contributed by atoms with E-state index in [2.05, 4.69) is 15.7 Å². The molecule has 3 aromatic rings. The molecule has 39 heavy (non-hydrogen) atoms. The molecule has 0 aliphatic heterocycles.